The monoisotopic (exact) mass is 350 g/mol. The molecule has 0 saturated carbocycles. The van der Waals surface area contributed by atoms with Gasteiger partial charge in [-0.15, -0.1) is 12.4 Å². The maximum absolute atomic E-state index is 13.2. The summed E-state index contributed by atoms with van der Waals surface area (Å²) in [4.78, 5) is 13.2. The van der Waals surface area contributed by atoms with E-state index in [1.54, 1.807) is 6.20 Å². The third kappa shape index (κ3) is 2.82. The van der Waals surface area contributed by atoms with E-state index in [4.69, 9.17) is 0 Å². The van der Waals surface area contributed by atoms with Crippen molar-refractivity contribution in [2.75, 3.05) is 13.1 Å². The molecule has 1 aliphatic carbocycles. The molecule has 0 spiro atoms. The number of carbonyl (C=O) groups excluding carboxylic acids is 1. The Morgan fingerprint density at radius 3 is 2.96 bits per heavy atom. The average molecular weight is 351 g/mol. The van der Waals surface area contributed by atoms with Crippen molar-refractivity contribution in [1.29, 1.82) is 0 Å². The molecule has 4 rings (SSSR count). The number of carbonyl (C=O) groups is 1. The van der Waals surface area contributed by atoms with Gasteiger partial charge in [-0.25, -0.2) is 0 Å². The van der Waals surface area contributed by atoms with Crippen LogP contribution in [0.3, 0.4) is 0 Å². The number of amides is 1. The maximum atomic E-state index is 13.2. The van der Waals surface area contributed by atoms with E-state index in [1.807, 2.05) is 23.1 Å². The van der Waals surface area contributed by atoms with Gasteiger partial charge < -0.3 is 10.6 Å². The second-order valence-electron chi connectivity index (χ2n) is 6.46. The van der Waals surface area contributed by atoms with E-state index in [9.17, 15) is 4.79 Å². The lowest BCUT2D eigenvalue weighted by Crippen LogP contribution is -2.55. The summed E-state index contributed by atoms with van der Waals surface area (Å²) in [6.45, 7) is 1.65. The number of rotatable bonds is 3. The Kier molecular flexibility index (Phi) is 4.91. The largest absolute Gasteiger partial charge is 0.346 e. The number of aromatic amines is 1. The normalized spacial score (nSPS) is 22.2. The van der Waals surface area contributed by atoms with Gasteiger partial charge in [0.05, 0.1) is 17.9 Å². The van der Waals surface area contributed by atoms with Crippen molar-refractivity contribution in [3.05, 3.63) is 35.9 Å². The topological polar surface area (TPSA) is 87.6 Å². The molecule has 3 N–H and O–H groups in total. The van der Waals surface area contributed by atoms with Crippen LogP contribution in [0.4, 0.5) is 0 Å². The second kappa shape index (κ2) is 6.94. The highest BCUT2D eigenvalue weighted by molar-refractivity contribution is 5.85. The minimum Gasteiger partial charge on any atom is -0.346 e. The van der Waals surface area contributed by atoms with Crippen LogP contribution in [0, 0.1) is 0 Å². The Hall–Kier alpha value is -1.86. The van der Waals surface area contributed by atoms with Crippen LogP contribution in [0.1, 0.15) is 43.0 Å². The van der Waals surface area contributed by atoms with Crippen molar-refractivity contribution in [3.63, 3.8) is 0 Å². The summed E-state index contributed by atoms with van der Waals surface area (Å²) in [6, 6.07) is 1.90. The summed E-state index contributed by atoms with van der Waals surface area (Å²) in [5.74, 6) is 0.0650. The molecule has 0 bridgehead atoms. The Balaban J connectivity index is 0.00000169. The fraction of sp³-hybridized carbons (Fsp3) is 0.562. The molecule has 24 heavy (non-hydrogen) atoms. The molecule has 1 fully saturated rings. The molecule has 8 heteroatoms. The molecule has 130 valence electrons. The molecule has 1 amide bonds. The van der Waals surface area contributed by atoms with Gasteiger partial charge >= 0.3 is 0 Å². The van der Waals surface area contributed by atoms with Crippen LogP contribution >= 0.6 is 12.4 Å². The molecule has 3 heterocycles. The van der Waals surface area contributed by atoms with Crippen molar-refractivity contribution in [2.24, 2.45) is 0 Å². The molecular weight excluding hydrogens is 328 g/mol. The number of fused-ring (bicyclic) bond motifs is 1. The van der Waals surface area contributed by atoms with Crippen LogP contribution in [0.25, 0.3) is 0 Å². The number of H-pyrrole nitrogens is 1. The van der Waals surface area contributed by atoms with Gasteiger partial charge in [0.25, 0.3) is 0 Å². The van der Waals surface area contributed by atoms with Gasteiger partial charge in [0.2, 0.25) is 5.91 Å². The fourth-order valence-corrected chi connectivity index (χ4v) is 3.82. The van der Waals surface area contributed by atoms with Gasteiger partial charge in [0.1, 0.15) is 5.54 Å². The Morgan fingerprint density at radius 2 is 2.21 bits per heavy atom. The van der Waals surface area contributed by atoms with Crippen LogP contribution in [0.15, 0.2) is 24.7 Å². The molecule has 7 nitrogen and oxygen atoms in total. The maximum Gasteiger partial charge on any atom is 0.248 e. The number of nitrogens with zero attached hydrogens (tertiary/aromatic N) is 3. The Morgan fingerprint density at radius 1 is 1.38 bits per heavy atom. The van der Waals surface area contributed by atoms with Gasteiger partial charge in [0.15, 0.2) is 0 Å². The first-order valence-electron chi connectivity index (χ1n) is 8.33. The summed E-state index contributed by atoms with van der Waals surface area (Å²) in [5, 5.41) is 18.2. The van der Waals surface area contributed by atoms with E-state index in [1.165, 1.54) is 5.56 Å². The zero-order valence-corrected chi connectivity index (χ0v) is 14.3. The zero-order chi connectivity index (χ0) is 15.7. The molecule has 2 aliphatic rings. The molecule has 2 aromatic rings. The molecule has 0 radical (unpaired) electrons. The van der Waals surface area contributed by atoms with Crippen LogP contribution in [-0.4, -0.2) is 39.0 Å². The summed E-state index contributed by atoms with van der Waals surface area (Å²) < 4.78 is 1.83. The van der Waals surface area contributed by atoms with Crippen molar-refractivity contribution >= 4 is 18.3 Å². The first-order valence-corrected chi connectivity index (χ1v) is 8.33. The molecular formula is C16H23ClN6O. The van der Waals surface area contributed by atoms with Gasteiger partial charge in [-0.3, -0.25) is 14.6 Å². The van der Waals surface area contributed by atoms with E-state index in [-0.39, 0.29) is 24.4 Å². The van der Waals surface area contributed by atoms with Crippen molar-refractivity contribution in [2.45, 2.75) is 43.7 Å². The second-order valence-corrected chi connectivity index (χ2v) is 6.46. The highest BCUT2D eigenvalue weighted by Gasteiger charge is 2.43. The number of piperidine rings is 1. The quantitative estimate of drug-likeness (QED) is 0.778. The number of aryl methyl sites for hydroxylation is 1. The minimum absolute atomic E-state index is 0. The van der Waals surface area contributed by atoms with Crippen LogP contribution in [0.2, 0.25) is 0 Å². The fourth-order valence-electron chi connectivity index (χ4n) is 3.82. The van der Waals surface area contributed by atoms with Crippen LogP contribution in [-0.2, 0) is 16.8 Å². The van der Waals surface area contributed by atoms with E-state index < -0.39 is 5.54 Å². The SMILES string of the molecule is Cl.O=C(NC1CCCc2cn[nH]c21)C1(n2cccn2)CCNCC1. The standard InChI is InChI=1S/C16H22N6O.ClH/c23-15(20-13-4-1-3-12-11-18-21-14(12)13)16(5-8-17-9-6-16)22-10-2-7-19-22;/h2,7,10-11,13,17H,1,3-6,8-9H2,(H,18,21)(H,20,23);1H. The Bertz CT molecular complexity index is 677. The highest BCUT2D eigenvalue weighted by atomic mass is 35.5. The molecule has 0 aromatic carbocycles. The number of hydrogen-bond acceptors (Lipinski definition) is 4. The lowest BCUT2D eigenvalue weighted by molar-refractivity contribution is -0.133. The molecule has 1 atom stereocenters. The summed E-state index contributed by atoms with van der Waals surface area (Å²) in [6.07, 6.45) is 10.1. The summed E-state index contributed by atoms with van der Waals surface area (Å²) in [7, 11) is 0. The first kappa shape index (κ1) is 17.0. The van der Waals surface area contributed by atoms with E-state index in [2.05, 4.69) is 25.9 Å². The molecule has 1 unspecified atom stereocenters. The van der Waals surface area contributed by atoms with Gasteiger partial charge in [0, 0.05) is 12.4 Å². The van der Waals surface area contributed by atoms with Gasteiger partial charge in [-0.1, -0.05) is 0 Å². The third-order valence-corrected chi connectivity index (χ3v) is 5.14. The number of hydrogen-bond donors (Lipinski definition) is 3. The lowest BCUT2D eigenvalue weighted by Gasteiger charge is -2.38. The van der Waals surface area contributed by atoms with Crippen molar-refractivity contribution < 1.29 is 4.79 Å². The van der Waals surface area contributed by atoms with Crippen molar-refractivity contribution in [1.82, 2.24) is 30.6 Å². The molecule has 2 aromatic heterocycles. The smallest absolute Gasteiger partial charge is 0.248 e. The number of nitrogens with one attached hydrogen (secondary N) is 3. The number of aromatic nitrogens is 4. The van der Waals surface area contributed by atoms with Crippen molar-refractivity contribution in [3.8, 4) is 0 Å². The Labute approximate surface area is 147 Å². The predicted octanol–water partition coefficient (Wildman–Crippen LogP) is 1.30. The van der Waals surface area contributed by atoms with Crippen LogP contribution < -0.4 is 10.6 Å². The van der Waals surface area contributed by atoms with E-state index in [0.29, 0.717) is 0 Å². The lowest BCUT2D eigenvalue weighted by atomic mass is 9.86. The van der Waals surface area contributed by atoms with E-state index >= 15 is 0 Å². The zero-order valence-electron chi connectivity index (χ0n) is 13.5. The third-order valence-electron chi connectivity index (χ3n) is 5.14. The average Bonchev–Trinajstić information content (AvgIpc) is 3.27. The summed E-state index contributed by atoms with van der Waals surface area (Å²) in [5.41, 5.74) is 1.70. The highest BCUT2D eigenvalue weighted by Crippen LogP contribution is 2.31. The van der Waals surface area contributed by atoms with Gasteiger partial charge in [-0.05, 0) is 56.8 Å². The van der Waals surface area contributed by atoms with Gasteiger partial charge in [-0.2, -0.15) is 10.2 Å². The minimum atomic E-state index is -0.591. The number of halogens is 1. The molecule has 1 saturated heterocycles. The first-order chi connectivity index (χ1) is 11.3. The summed E-state index contributed by atoms with van der Waals surface area (Å²) >= 11 is 0. The predicted molar refractivity (Wildman–Crippen MR) is 92.0 cm³/mol. The van der Waals surface area contributed by atoms with Crippen LogP contribution in [0.5, 0.6) is 0 Å². The molecule has 1 aliphatic heterocycles. The van der Waals surface area contributed by atoms with E-state index in [0.717, 1.165) is 50.9 Å².